The number of rotatable bonds is 4. The van der Waals surface area contributed by atoms with E-state index in [1.165, 1.54) is 4.90 Å². The highest BCUT2D eigenvalue weighted by Crippen LogP contribution is 2.26. The van der Waals surface area contributed by atoms with E-state index >= 15 is 0 Å². The number of benzene rings is 1. The van der Waals surface area contributed by atoms with Crippen molar-refractivity contribution in [2.24, 2.45) is 0 Å². The van der Waals surface area contributed by atoms with E-state index in [0.717, 1.165) is 44.2 Å². The predicted molar refractivity (Wildman–Crippen MR) is 76.4 cm³/mol. The maximum absolute atomic E-state index is 13.9. The highest BCUT2D eigenvalue weighted by Gasteiger charge is 2.28. The Morgan fingerprint density at radius 1 is 1.24 bits per heavy atom. The molecule has 0 atom stereocenters. The molecule has 1 fully saturated rings. The van der Waals surface area contributed by atoms with Gasteiger partial charge >= 0.3 is 0 Å². The van der Waals surface area contributed by atoms with Crippen LogP contribution < -0.4 is 0 Å². The zero-order valence-electron chi connectivity index (χ0n) is 11.6. The van der Waals surface area contributed by atoms with Crippen molar-refractivity contribution in [3.63, 3.8) is 0 Å². The first-order chi connectivity index (χ1) is 10.0. The van der Waals surface area contributed by atoms with E-state index in [0.29, 0.717) is 0 Å². The second kappa shape index (κ2) is 7.18. The zero-order valence-corrected chi connectivity index (χ0v) is 12.4. The second-order valence-electron chi connectivity index (χ2n) is 5.26. The molecule has 1 amide bonds. The molecule has 21 heavy (non-hydrogen) atoms. The van der Waals surface area contributed by atoms with Gasteiger partial charge in [-0.25, -0.2) is 8.78 Å². The van der Waals surface area contributed by atoms with Gasteiger partial charge in [0.2, 0.25) is 0 Å². The topological polar surface area (TPSA) is 40.5 Å². The van der Waals surface area contributed by atoms with Crippen LogP contribution in [0.2, 0.25) is 5.02 Å². The number of aliphatic hydroxyl groups excluding tert-OH is 1. The fourth-order valence-electron chi connectivity index (χ4n) is 2.79. The van der Waals surface area contributed by atoms with Gasteiger partial charge in [-0.05, 0) is 25.0 Å². The van der Waals surface area contributed by atoms with E-state index in [2.05, 4.69) is 0 Å². The number of hydrogen-bond acceptors (Lipinski definition) is 2. The number of carbonyl (C=O) groups is 1. The van der Waals surface area contributed by atoms with Crippen LogP contribution in [-0.4, -0.2) is 35.1 Å². The zero-order chi connectivity index (χ0) is 15.4. The molecule has 0 heterocycles. The first-order valence-electron chi connectivity index (χ1n) is 7.11. The maximum Gasteiger partial charge on any atom is 0.257 e. The summed E-state index contributed by atoms with van der Waals surface area (Å²) in [4.78, 5) is 13.9. The van der Waals surface area contributed by atoms with Crippen molar-refractivity contribution in [3.8, 4) is 0 Å². The molecule has 0 saturated heterocycles. The normalized spacial score (nSPS) is 16.0. The molecule has 0 aromatic heterocycles. The maximum atomic E-state index is 13.9. The lowest BCUT2D eigenvalue weighted by atomic mass is 9.93. The Morgan fingerprint density at radius 2 is 1.90 bits per heavy atom. The first kappa shape index (κ1) is 16.2. The van der Waals surface area contributed by atoms with Gasteiger partial charge in [-0.1, -0.05) is 30.9 Å². The average Bonchev–Trinajstić information content (AvgIpc) is 2.49. The van der Waals surface area contributed by atoms with Gasteiger partial charge < -0.3 is 10.0 Å². The van der Waals surface area contributed by atoms with Crippen molar-refractivity contribution in [1.82, 2.24) is 4.90 Å². The molecule has 1 aliphatic rings. The molecule has 1 N–H and O–H groups in total. The van der Waals surface area contributed by atoms with Gasteiger partial charge in [0.15, 0.2) is 0 Å². The lowest BCUT2D eigenvalue weighted by Crippen LogP contribution is -2.43. The van der Waals surface area contributed by atoms with E-state index < -0.39 is 17.5 Å². The summed E-state index contributed by atoms with van der Waals surface area (Å²) in [6.07, 6.45) is 4.75. The smallest absolute Gasteiger partial charge is 0.257 e. The van der Waals surface area contributed by atoms with Crippen molar-refractivity contribution >= 4 is 17.5 Å². The van der Waals surface area contributed by atoms with Gasteiger partial charge in [0.1, 0.15) is 11.6 Å². The summed E-state index contributed by atoms with van der Waals surface area (Å²) in [7, 11) is 0. The second-order valence-corrected chi connectivity index (χ2v) is 5.67. The standard InChI is InChI=1S/C15H18ClF2NO2/c16-12-9-13(17)11(8-14(12)18)15(21)19(6-7-20)10-4-2-1-3-5-10/h8-10,20H,1-7H2. The quantitative estimate of drug-likeness (QED) is 0.865. The van der Waals surface area contributed by atoms with Crippen LogP contribution in [-0.2, 0) is 0 Å². The minimum atomic E-state index is -0.842. The minimum Gasteiger partial charge on any atom is -0.395 e. The molecule has 0 unspecified atom stereocenters. The van der Waals surface area contributed by atoms with Gasteiger partial charge in [-0.2, -0.15) is 0 Å². The van der Waals surface area contributed by atoms with Crippen LogP contribution in [0, 0.1) is 11.6 Å². The van der Waals surface area contributed by atoms with Gasteiger partial charge in [-0.15, -0.1) is 0 Å². The summed E-state index contributed by atoms with van der Waals surface area (Å²) < 4.78 is 27.4. The lowest BCUT2D eigenvalue weighted by Gasteiger charge is -2.34. The molecule has 3 nitrogen and oxygen atoms in total. The minimum absolute atomic E-state index is 0.0310. The molecular weight excluding hydrogens is 300 g/mol. The third-order valence-electron chi connectivity index (χ3n) is 3.86. The van der Waals surface area contributed by atoms with Crippen molar-refractivity contribution in [2.45, 2.75) is 38.1 Å². The van der Waals surface area contributed by atoms with Gasteiger partial charge in [0.05, 0.1) is 17.2 Å². The number of nitrogens with zero attached hydrogens (tertiary/aromatic N) is 1. The molecule has 1 aliphatic carbocycles. The Hall–Kier alpha value is -1.20. The molecule has 116 valence electrons. The van der Waals surface area contributed by atoms with E-state index in [9.17, 15) is 13.6 Å². The van der Waals surface area contributed by atoms with Gasteiger partial charge in [-0.3, -0.25) is 4.79 Å². The molecule has 1 saturated carbocycles. The van der Waals surface area contributed by atoms with Crippen LogP contribution in [0.4, 0.5) is 8.78 Å². The van der Waals surface area contributed by atoms with Crippen LogP contribution in [0.25, 0.3) is 0 Å². The van der Waals surface area contributed by atoms with E-state index in [4.69, 9.17) is 16.7 Å². The molecule has 0 radical (unpaired) electrons. The summed E-state index contributed by atoms with van der Waals surface area (Å²) in [5, 5.41) is 8.80. The molecule has 2 rings (SSSR count). The molecule has 1 aromatic rings. The first-order valence-corrected chi connectivity index (χ1v) is 7.48. The summed E-state index contributed by atoms with van der Waals surface area (Å²) in [5.74, 6) is -2.26. The Morgan fingerprint density at radius 3 is 2.52 bits per heavy atom. The van der Waals surface area contributed by atoms with Crippen molar-refractivity contribution < 1.29 is 18.7 Å². The number of hydrogen-bond donors (Lipinski definition) is 1. The summed E-state index contributed by atoms with van der Waals surface area (Å²) in [5.41, 5.74) is -0.337. The largest absolute Gasteiger partial charge is 0.395 e. The van der Waals surface area contributed by atoms with Crippen LogP contribution in [0.3, 0.4) is 0 Å². The van der Waals surface area contributed by atoms with Crippen molar-refractivity contribution in [1.29, 1.82) is 0 Å². The predicted octanol–water partition coefficient (Wildman–Crippen LogP) is 3.39. The molecule has 0 bridgehead atoms. The Balaban J connectivity index is 2.27. The van der Waals surface area contributed by atoms with Gasteiger partial charge in [0, 0.05) is 12.6 Å². The molecule has 1 aromatic carbocycles. The Bertz CT molecular complexity index is 519. The van der Waals surface area contributed by atoms with Crippen molar-refractivity contribution in [3.05, 3.63) is 34.4 Å². The monoisotopic (exact) mass is 317 g/mol. The Labute approximate surface area is 127 Å². The highest BCUT2D eigenvalue weighted by molar-refractivity contribution is 6.30. The molecule has 6 heteroatoms. The van der Waals surface area contributed by atoms with Crippen LogP contribution in [0.1, 0.15) is 42.5 Å². The number of aliphatic hydroxyl groups is 1. The number of halogens is 3. The lowest BCUT2D eigenvalue weighted by molar-refractivity contribution is 0.0580. The molecule has 0 spiro atoms. The summed E-state index contributed by atoms with van der Waals surface area (Å²) >= 11 is 5.50. The summed E-state index contributed by atoms with van der Waals surface area (Å²) in [6, 6.07) is 1.60. The van der Waals surface area contributed by atoms with Crippen LogP contribution in [0.15, 0.2) is 12.1 Å². The van der Waals surface area contributed by atoms with E-state index in [-0.39, 0.29) is 29.8 Å². The third-order valence-corrected chi connectivity index (χ3v) is 4.15. The third kappa shape index (κ3) is 3.71. The van der Waals surface area contributed by atoms with E-state index in [1.54, 1.807) is 0 Å². The van der Waals surface area contributed by atoms with Crippen molar-refractivity contribution in [2.75, 3.05) is 13.2 Å². The number of carbonyl (C=O) groups excluding carboxylic acids is 1. The van der Waals surface area contributed by atoms with Crippen LogP contribution in [0.5, 0.6) is 0 Å². The number of amides is 1. The molecule has 0 aliphatic heterocycles. The average molecular weight is 318 g/mol. The van der Waals surface area contributed by atoms with Gasteiger partial charge in [0.25, 0.3) is 5.91 Å². The SMILES string of the molecule is O=C(c1cc(F)c(Cl)cc1F)N(CCO)C1CCCCC1. The molecular formula is C15H18ClF2NO2. The fourth-order valence-corrected chi connectivity index (χ4v) is 2.94. The van der Waals surface area contributed by atoms with E-state index in [1.807, 2.05) is 0 Å². The highest BCUT2D eigenvalue weighted by atomic mass is 35.5. The van der Waals surface area contributed by atoms with Crippen LogP contribution >= 0.6 is 11.6 Å². The Kier molecular flexibility index (Phi) is 5.53. The fraction of sp³-hybridized carbons (Fsp3) is 0.533. The summed E-state index contributed by atoms with van der Waals surface area (Å²) in [6.45, 7) is -0.0902.